The Hall–Kier alpha value is -3.59. The second-order valence-corrected chi connectivity index (χ2v) is 6.11. The van der Waals surface area contributed by atoms with E-state index in [1.165, 1.54) is 36.4 Å². The molecular weight excluding hydrogens is 390 g/mol. The zero-order valence-electron chi connectivity index (χ0n) is 14.1. The summed E-state index contributed by atoms with van der Waals surface area (Å²) in [6.45, 7) is -0.872. The maximum absolute atomic E-state index is 12.7. The van der Waals surface area contributed by atoms with Crippen LogP contribution in [0.5, 0.6) is 0 Å². The van der Waals surface area contributed by atoms with Crippen molar-refractivity contribution in [1.29, 1.82) is 0 Å². The molecule has 1 unspecified atom stereocenters. The lowest BCUT2D eigenvalue weighted by molar-refractivity contribution is -0.465. The van der Waals surface area contributed by atoms with Crippen LogP contribution in [-0.2, 0) is 4.79 Å². The molecule has 10 heteroatoms. The van der Waals surface area contributed by atoms with Crippen molar-refractivity contribution >= 4 is 35.3 Å². The van der Waals surface area contributed by atoms with Crippen molar-refractivity contribution in [3.63, 3.8) is 0 Å². The summed E-state index contributed by atoms with van der Waals surface area (Å²) >= 11 is 5.44. The minimum atomic E-state index is -1.37. The minimum Gasteiger partial charge on any atom is -0.287 e. The fourth-order valence-electron chi connectivity index (χ4n) is 2.97. The van der Waals surface area contributed by atoms with E-state index in [2.05, 4.69) is 0 Å². The normalized spacial score (nSPS) is 13.8. The van der Waals surface area contributed by atoms with Crippen molar-refractivity contribution in [1.82, 2.24) is 9.74 Å². The van der Waals surface area contributed by atoms with Crippen molar-refractivity contribution in [2.45, 2.75) is 6.04 Å². The van der Waals surface area contributed by atoms with Gasteiger partial charge in [0.15, 0.2) is 0 Å². The zero-order chi connectivity index (χ0) is 20.4. The van der Waals surface area contributed by atoms with Gasteiger partial charge in [0.1, 0.15) is 6.04 Å². The molecule has 3 amide bonds. The molecule has 0 bridgehead atoms. The number of carbonyl (C=O) groups excluding carboxylic acids is 4. The number of fused-ring (bicyclic) bond motifs is 1. The van der Waals surface area contributed by atoms with Crippen molar-refractivity contribution in [3.8, 4) is 0 Å². The number of hydrogen-bond acceptors (Lipinski definition) is 6. The Kier molecular flexibility index (Phi) is 5.18. The fourth-order valence-corrected chi connectivity index (χ4v) is 3.07. The molecule has 3 rings (SSSR count). The van der Waals surface area contributed by atoms with Crippen molar-refractivity contribution in [2.24, 2.45) is 0 Å². The Bertz CT molecular complexity index is 970. The van der Waals surface area contributed by atoms with E-state index in [0.717, 1.165) is 4.90 Å². The van der Waals surface area contributed by atoms with Crippen molar-refractivity contribution < 1.29 is 24.1 Å². The van der Waals surface area contributed by atoms with Gasteiger partial charge >= 0.3 is 0 Å². The van der Waals surface area contributed by atoms with Gasteiger partial charge in [-0.15, -0.1) is 0 Å². The summed E-state index contributed by atoms with van der Waals surface area (Å²) in [7, 11) is 0. The van der Waals surface area contributed by atoms with Gasteiger partial charge in [0.05, 0.1) is 11.1 Å². The number of hydrogen-bond donors (Lipinski definition) is 1. The number of ketones is 1. The molecule has 1 N–H and O–H groups in total. The van der Waals surface area contributed by atoms with Crippen LogP contribution in [0.1, 0.15) is 42.7 Å². The van der Waals surface area contributed by atoms with E-state index in [1.54, 1.807) is 12.1 Å². The predicted molar refractivity (Wildman–Crippen MR) is 96.3 cm³/mol. The standard InChI is InChI=1S/C18H12ClN3O6/c19-20-16(24)15(11-7-5-10(6-8-11)14(23)9-21(27)28)22-17(25)12-3-1-2-4-13(12)18(22)26/h1-8,15H,9H2,(H,20,24). The Morgan fingerprint density at radius 3 is 2.04 bits per heavy atom. The smallest absolute Gasteiger partial charge is 0.265 e. The number of Topliss-reactive ketones (excluding diaryl/α,β-unsaturated/α-hetero) is 1. The van der Waals surface area contributed by atoms with Crippen LogP contribution in [0.3, 0.4) is 0 Å². The number of halogens is 1. The van der Waals surface area contributed by atoms with Gasteiger partial charge < -0.3 is 0 Å². The van der Waals surface area contributed by atoms with E-state index in [0.29, 0.717) is 0 Å². The van der Waals surface area contributed by atoms with Crippen LogP contribution in [0.15, 0.2) is 48.5 Å². The molecule has 0 saturated heterocycles. The molecule has 9 nitrogen and oxygen atoms in total. The number of nitrogens with one attached hydrogen (secondary N) is 1. The molecule has 1 heterocycles. The van der Waals surface area contributed by atoms with Gasteiger partial charge in [-0.3, -0.25) is 39.0 Å². The third-order valence-electron chi connectivity index (χ3n) is 4.25. The van der Waals surface area contributed by atoms with Crippen LogP contribution >= 0.6 is 11.8 Å². The molecule has 1 aliphatic heterocycles. The van der Waals surface area contributed by atoms with Crippen LogP contribution in [-0.4, -0.2) is 39.9 Å². The number of carbonyl (C=O) groups is 4. The summed E-state index contributed by atoms with van der Waals surface area (Å²) in [6.07, 6.45) is 0. The molecule has 28 heavy (non-hydrogen) atoms. The second-order valence-electron chi connectivity index (χ2n) is 5.92. The van der Waals surface area contributed by atoms with Gasteiger partial charge in [0, 0.05) is 22.3 Å². The largest absolute Gasteiger partial charge is 0.287 e. The van der Waals surface area contributed by atoms with Gasteiger partial charge in [0.25, 0.3) is 24.3 Å². The van der Waals surface area contributed by atoms with Crippen molar-refractivity contribution in [2.75, 3.05) is 6.54 Å². The first-order valence-corrected chi connectivity index (χ1v) is 8.35. The van der Waals surface area contributed by atoms with Crippen LogP contribution in [0.2, 0.25) is 0 Å². The Morgan fingerprint density at radius 2 is 1.57 bits per heavy atom. The first-order chi connectivity index (χ1) is 13.3. The summed E-state index contributed by atoms with van der Waals surface area (Å²) in [4.78, 5) is 61.9. The van der Waals surface area contributed by atoms with E-state index in [4.69, 9.17) is 11.8 Å². The first kappa shape index (κ1) is 19.2. The molecule has 0 aromatic heterocycles. The highest BCUT2D eigenvalue weighted by Gasteiger charge is 2.43. The Labute approximate surface area is 163 Å². The average Bonchev–Trinajstić information content (AvgIpc) is 2.93. The summed E-state index contributed by atoms with van der Waals surface area (Å²) in [5.74, 6) is -2.84. The number of rotatable bonds is 6. The summed E-state index contributed by atoms with van der Waals surface area (Å²) in [5, 5.41) is 10.5. The fraction of sp³-hybridized carbons (Fsp3) is 0.111. The lowest BCUT2D eigenvalue weighted by Gasteiger charge is -2.24. The van der Waals surface area contributed by atoms with E-state index in [9.17, 15) is 29.3 Å². The molecule has 1 aliphatic rings. The third-order valence-corrected chi connectivity index (χ3v) is 4.43. The van der Waals surface area contributed by atoms with E-state index < -0.39 is 41.0 Å². The van der Waals surface area contributed by atoms with Crippen LogP contribution in [0.25, 0.3) is 0 Å². The monoisotopic (exact) mass is 401 g/mol. The number of benzene rings is 2. The third kappa shape index (κ3) is 3.35. The highest BCUT2D eigenvalue weighted by atomic mass is 35.5. The van der Waals surface area contributed by atoms with Gasteiger partial charge in [0.2, 0.25) is 5.78 Å². The second kappa shape index (κ2) is 7.57. The highest BCUT2D eigenvalue weighted by molar-refractivity contribution is 6.26. The molecule has 2 aromatic carbocycles. The van der Waals surface area contributed by atoms with Crippen molar-refractivity contribution in [3.05, 3.63) is 80.9 Å². The molecule has 0 radical (unpaired) electrons. The van der Waals surface area contributed by atoms with Gasteiger partial charge in [-0.05, 0) is 17.7 Å². The molecule has 1 atom stereocenters. The van der Waals surface area contributed by atoms with E-state index >= 15 is 0 Å². The van der Waals surface area contributed by atoms with E-state index in [-0.39, 0.29) is 22.3 Å². The average molecular weight is 402 g/mol. The summed E-state index contributed by atoms with van der Waals surface area (Å²) < 4.78 is 0. The number of nitro groups is 1. The molecule has 0 spiro atoms. The predicted octanol–water partition coefficient (Wildman–Crippen LogP) is 1.75. The summed E-state index contributed by atoms with van der Waals surface area (Å²) in [5.41, 5.74) is 0.605. The van der Waals surface area contributed by atoms with Crippen LogP contribution in [0.4, 0.5) is 0 Å². The van der Waals surface area contributed by atoms with E-state index in [1.807, 2.05) is 4.84 Å². The molecular formula is C18H12ClN3O6. The molecule has 2 aromatic rings. The lowest BCUT2D eigenvalue weighted by Crippen LogP contribution is -2.41. The Morgan fingerprint density at radius 1 is 1.04 bits per heavy atom. The topological polar surface area (TPSA) is 127 Å². The number of imide groups is 1. The number of amides is 3. The maximum atomic E-state index is 12.7. The number of nitrogens with zero attached hydrogens (tertiary/aromatic N) is 2. The summed E-state index contributed by atoms with van der Waals surface area (Å²) in [6, 6.07) is 10.0. The first-order valence-electron chi connectivity index (χ1n) is 7.97. The molecule has 0 aliphatic carbocycles. The molecule has 142 valence electrons. The van der Waals surface area contributed by atoms with Gasteiger partial charge in [-0.2, -0.15) is 0 Å². The highest BCUT2D eigenvalue weighted by Crippen LogP contribution is 2.32. The maximum Gasteiger partial charge on any atom is 0.265 e. The lowest BCUT2D eigenvalue weighted by atomic mass is 10.0. The van der Waals surface area contributed by atoms with Gasteiger partial charge in [-0.25, -0.2) is 0 Å². The minimum absolute atomic E-state index is 0.0628. The van der Waals surface area contributed by atoms with Gasteiger partial charge in [-0.1, -0.05) is 36.4 Å². The van der Waals surface area contributed by atoms with Crippen LogP contribution < -0.4 is 4.84 Å². The molecule has 0 fully saturated rings. The SMILES string of the molecule is O=C(C[N+](=O)[O-])c1ccc(C(C(=O)NCl)N2C(=O)c3ccccc3C2=O)cc1. The zero-order valence-corrected chi connectivity index (χ0v) is 14.9. The molecule has 0 saturated carbocycles. The quantitative estimate of drug-likeness (QED) is 0.258. The Balaban J connectivity index is 1.97. The van der Waals surface area contributed by atoms with Crippen LogP contribution in [0, 0.1) is 10.1 Å².